The molecule has 0 aliphatic heterocycles. The minimum atomic E-state index is -0.610. The van der Waals surface area contributed by atoms with Crippen molar-refractivity contribution in [1.82, 2.24) is 10.2 Å². The van der Waals surface area contributed by atoms with Crippen molar-refractivity contribution in [2.75, 3.05) is 5.75 Å². The zero-order valence-corrected chi connectivity index (χ0v) is 19.2. The van der Waals surface area contributed by atoms with Crippen molar-refractivity contribution in [3.63, 3.8) is 0 Å². The van der Waals surface area contributed by atoms with E-state index in [2.05, 4.69) is 5.32 Å². The van der Waals surface area contributed by atoms with E-state index in [1.54, 1.807) is 42.2 Å². The predicted octanol–water partition coefficient (Wildman–Crippen LogP) is 5.19. The molecule has 1 aliphatic rings. The molecule has 1 N–H and O–H groups in total. The van der Waals surface area contributed by atoms with Crippen molar-refractivity contribution < 1.29 is 14.0 Å². The lowest BCUT2D eigenvalue weighted by Crippen LogP contribution is -2.50. The van der Waals surface area contributed by atoms with Crippen LogP contribution in [0.15, 0.2) is 48.5 Å². The lowest BCUT2D eigenvalue weighted by Gasteiger charge is -2.29. The van der Waals surface area contributed by atoms with Crippen LogP contribution in [0.1, 0.15) is 43.7 Å². The van der Waals surface area contributed by atoms with Crippen LogP contribution in [0.4, 0.5) is 4.39 Å². The maximum absolute atomic E-state index is 13.9. The highest BCUT2D eigenvalue weighted by Crippen LogP contribution is 2.21. The van der Waals surface area contributed by atoms with Gasteiger partial charge in [-0.15, -0.1) is 11.8 Å². The van der Waals surface area contributed by atoms with Gasteiger partial charge >= 0.3 is 0 Å². The minimum Gasteiger partial charge on any atom is -0.352 e. The molecule has 0 radical (unpaired) electrons. The zero-order valence-electron chi connectivity index (χ0n) is 17.7. The fraction of sp³-hybridized carbons (Fsp3) is 0.417. The first-order valence-corrected chi connectivity index (χ1v) is 12.1. The number of halogens is 2. The summed E-state index contributed by atoms with van der Waals surface area (Å²) in [7, 11) is 0. The number of nitrogens with zero attached hydrogens (tertiary/aromatic N) is 1. The Kier molecular flexibility index (Phi) is 8.79. The summed E-state index contributed by atoms with van der Waals surface area (Å²) in [6.45, 7) is 2.05. The second kappa shape index (κ2) is 11.5. The number of carbonyl (C=O) groups excluding carboxylic acids is 2. The van der Waals surface area contributed by atoms with Gasteiger partial charge in [0.15, 0.2) is 0 Å². The maximum Gasteiger partial charge on any atom is 0.242 e. The van der Waals surface area contributed by atoms with Crippen LogP contribution in [-0.2, 0) is 21.9 Å². The molecule has 0 aromatic heterocycles. The summed E-state index contributed by atoms with van der Waals surface area (Å²) in [6.07, 6.45) is 4.22. The monoisotopic (exact) mass is 462 g/mol. The van der Waals surface area contributed by atoms with Crippen LogP contribution < -0.4 is 5.32 Å². The molecule has 0 unspecified atom stereocenters. The zero-order chi connectivity index (χ0) is 22.2. The van der Waals surface area contributed by atoms with Crippen molar-refractivity contribution in [3.05, 3.63) is 70.5 Å². The first-order valence-electron chi connectivity index (χ1n) is 10.6. The van der Waals surface area contributed by atoms with E-state index < -0.39 is 6.04 Å². The van der Waals surface area contributed by atoms with E-state index in [4.69, 9.17) is 11.6 Å². The molecule has 3 rings (SSSR count). The Balaban J connectivity index is 1.66. The third kappa shape index (κ3) is 6.97. The molecule has 2 aromatic rings. The summed E-state index contributed by atoms with van der Waals surface area (Å²) in [5.74, 6) is -0.0125. The van der Waals surface area contributed by atoms with E-state index >= 15 is 0 Å². The van der Waals surface area contributed by atoms with E-state index in [0.29, 0.717) is 22.9 Å². The Morgan fingerprint density at radius 1 is 1.19 bits per heavy atom. The molecule has 1 atom stereocenters. The Labute approximate surface area is 192 Å². The molecule has 0 saturated heterocycles. The van der Waals surface area contributed by atoms with Crippen LogP contribution in [0.25, 0.3) is 0 Å². The quantitative estimate of drug-likeness (QED) is 0.558. The van der Waals surface area contributed by atoms with Gasteiger partial charge in [0.1, 0.15) is 11.9 Å². The van der Waals surface area contributed by atoms with E-state index in [-0.39, 0.29) is 29.4 Å². The van der Waals surface area contributed by atoms with Gasteiger partial charge in [-0.25, -0.2) is 4.39 Å². The van der Waals surface area contributed by atoms with Crippen LogP contribution in [-0.4, -0.2) is 34.6 Å². The Morgan fingerprint density at radius 2 is 1.94 bits per heavy atom. The fourth-order valence-corrected chi connectivity index (χ4v) is 4.86. The van der Waals surface area contributed by atoms with Crippen LogP contribution >= 0.6 is 23.4 Å². The van der Waals surface area contributed by atoms with Gasteiger partial charge in [0.2, 0.25) is 11.8 Å². The molecule has 1 saturated carbocycles. The van der Waals surface area contributed by atoms with Crippen molar-refractivity contribution in [2.45, 2.75) is 57.0 Å². The van der Waals surface area contributed by atoms with Gasteiger partial charge in [0.05, 0.1) is 5.75 Å². The first kappa shape index (κ1) is 23.6. The van der Waals surface area contributed by atoms with Crippen molar-refractivity contribution in [2.24, 2.45) is 0 Å². The molecule has 0 heterocycles. The number of benzene rings is 2. The number of amides is 2. The molecular formula is C24H28ClFN2O2S. The van der Waals surface area contributed by atoms with Gasteiger partial charge < -0.3 is 10.2 Å². The molecule has 1 fully saturated rings. The summed E-state index contributed by atoms with van der Waals surface area (Å²) < 4.78 is 13.9. The average Bonchev–Trinajstić information content (AvgIpc) is 3.26. The van der Waals surface area contributed by atoms with Crippen molar-refractivity contribution in [3.8, 4) is 0 Å². The molecule has 166 valence electrons. The van der Waals surface area contributed by atoms with E-state index in [1.807, 2.05) is 12.1 Å². The molecular weight excluding hydrogens is 435 g/mol. The summed E-state index contributed by atoms with van der Waals surface area (Å²) in [6, 6.07) is 13.4. The molecule has 2 amide bonds. The van der Waals surface area contributed by atoms with E-state index in [1.165, 1.54) is 17.8 Å². The lowest BCUT2D eigenvalue weighted by molar-refractivity contribution is -0.138. The van der Waals surface area contributed by atoms with Gasteiger partial charge in [0, 0.05) is 23.4 Å². The topological polar surface area (TPSA) is 49.4 Å². The van der Waals surface area contributed by atoms with Crippen molar-refractivity contribution in [1.29, 1.82) is 0 Å². The van der Waals surface area contributed by atoms with Crippen LogP contribution in [0.2, 0.25) is 5.02 Å². The lowest BCUT2D eigenvalue weighted by atomic mass is 10.1. The standard InChI is InChI=1S/C24H28ClFN2O2S/c1-17(24(30)27-21-10-3-4-11-21)28(14-18-7-6-9-20(25)13-18)23(29)16-31-15-19-8-2-5-12-22(19)26/h2,5-9,12-13,17,21H,3-4,10-11,14-16H2,1H3,(H,27,30)/t17-/m0/s1. The van der Waals surface area contributed by atoms with E-state index in [9.17, 15) is 14.0 Å². The molecule has 31 heavy (non-hydrogen) atoms. The smallest absolute Gasteiger partial charge is 0.242 e. The average molecular weight is 463 g/mol. The third-order valence-corrected chi connectivity index (χ3v) is 6.75. The Morgan fingerprint density at radius 3 is 2.65 bits per heavy atom. The highest BCUT2D eigenvalue weighted by Gasteiger charge is 2.28. The van der Waals surface area contributed by atoms with Gasteiger partial charge in [-0.1, -0.05) is 54.8 Å². The predicted molar refractivity (Wildman–Crippen MR) is 124 cm³/mol. The second-order valence-corrected chi connectivity index (χ2v) is 9.32. The second-order valence-electron chi connectivity index (χ2n) is 7.90. The molecule has 2 aromatic carbocycles. The molecule has 1 aliphatic carbocycles. The van der Waals surface area contributed by atoms with E-state index in [0.717, 1.165) is 31.2 Å². The first-order chi connectivity index (χ1) is 14.9. The van der Waals surface area contributed by atoms with Crippen LogP contribution in [0.3, 0.4) is 0 Å². The largest absolute Gasteiger partial charge is 0.352 e. The third-order valence-electron chi connectivity index (χ3n) is 5.55. The number of hydrogen-bond acceptors (Lipinski definition) is 3. The Bertz CT molecular complexity index is 905. The number of hydrogen-bond donors (Lipinski definition) is 1. The Hall–Kier alpha value is -2.05. The van der Waals surface area contributed by atoms with Gasteiger partial charge in [-0.05, 0) is 49.1 Å². The number of rotatable bonds is 9. The van der Waals surface area contributed by atoms with Crippen LogP contribution in [0, 0.1) is 5.82 Å². The number of nitrogens with one attached hydrogen (secondary N) is 1. The SMILES string of the molecule is C[C@@H](C(=O)NC1CCCC1)N(Cc1cccc(Cl)c1)C(=O)CSCc1ccccc1F. The maximum atomic E-state index is 13.9. The van der Waals surface area contributed by atoms with Gasteiger partial charge in [-0.3, -0.25) is 9.59 Å². The van der Waals surface area contributed by atoms with Gasteiger partial charge in [0.25, 0.3) is 0 Å². The summed E-state index contributed by atoms with van der Waals surface area (Å²) in [5.41, 5.74) is 1.43. The molecule has 0 bridgehead atoms. The summed E-state index contributed by atoms with van der Waals surface area (Å²) >= 11 is 7.45. The van der Waals surface area contributed by atoms with Crippen LogP contribution in [0.5, 0.6) is 0 Å². The summed E-state index contributed by atoms with van der Waals surface area (Å²) in [4.78, 5) is 27.5. The summed E-state index contributed by atoms with van der Waals surface area (Å²) in [5, 5.41) is 3.67. The van der Waals surface area contributed by atoms with Crippen molar-refractivity contribution >= 4 is 35.2 Å². The minimum absolute atomic E-state index is 0.138. The fourth-order valence-electron chi connectivity index (χ4n) is 3.75. The highest BCUT2D eigenvalue weighted by atomic mass is 35.5. The normalized spacial score (nSPS) is 14.9. The number of thioether (sulfide) groups is 1. The molecule has 7 heteroatoms. The highest BCUT2D eigenvalue weighted by molar-refractivity contribution is 7.99. The molecule has 4 nitrogen and oxygen atoms in total. The molecule has 0 spiro atoms. The van der Waals surface area contributed by atoms with Gasteiger partial charge in [-0.2, -0.15) is 0 Å². The number of carbonyl (C=O) groups is 2.